The first-order chi connectivity index (χ1) is 9.31. The summed E-state index contributed by atoms with van der Waals surface area (Å²) in [6, 6.07) is 1.61. The van der Waals surface area contributed by atoms with Crippen molar-refractivity contribution in [3.05, 3.63) is 40.7 Å². The lowest BCUT2D eigenvalue weighted by molar-refractivity contribution is 0.102. The van der Waals surface area contributed by atoms with E-state index < -0.39 is 17.5 Å². The summed E-state index contributed by atoms with van der Waals surface area (Å²) in [4.78, 5) is 12.2. The Morgan fingerprint density at radius 2 is 2.00 bits per heavy atom. The lowest BCUT2D eigenvalue weighted by atomic mass is 10.1. The fourth-order valence-electron chi connectivity index (χ4n) is 2.00. The maximum absolute atomic E-state index is 13.6. The van der Waals surface area contributed by atoms with Crippen LogP contribution >= 0.6 is 0 Å². The van der Waals surface area contributed by atoms with Crippen LogP contribution in [0, 0.1) is 25.5 Å². The number of carbonyl (C=O) groups excluding carboxylic acids is 1. The highest BCUT2D eigenvalue weighted by molar-refractivity contribution is 6.07. The number of hydrogen-bond donors (Lipinski definition) is 2. The number of benzene rings is 1. The summed E-state index contributed by atoms with van der Waals surface area (Å²) < 4.78 is 28.1. The van der Waals surface area contributed by atoms with Crippen LogP contribution in [0.1, 0.15) is 21.7 Å². The van der Waals surface area contributed by atoms with Gasteiger partial charge in [-0.25, -0.2) is 8.78 Å². The Balaban J connectivity index is 2.38. The first-order valence-electron chi connectivity index (χ1n) is 5.87. The number of nitrogens with two attached hydrogens (primary N) is 1. The third-order valence-electron chi connectivity index (χ3n) is 3.06. The second-order valence-corrected chi connectivity index (χ2v) is 4.48. The topological polar surface area (TPSA) is 72.9 Å². The predicted molar refractivity (Wildman–Crippen MR) is 71.4 cm³/mol. The number of nitrogens with one attached hydrogen (secondary N) is 1. The molecule has 1 aromatic heterocycles. The molecular weight excluding hydrogens is 266 g/mol. The van der Waals surface area contributed by atoms with Crippen LogP contribution in [0.2, 0.25) is 0 Å². The normalized spacial score (nSPS) is 10.7. The number of halogens is 2. The van der Waals surface area contributed by atoms with Crippen molar-refractivity contribution in [3.8, 4) is 0 Å². The number of hydrogen-bond acceptors (Lipinski definition) is 3. The number of carbonyl (C=O) groups is 1. The van der Waals surface area contributed by atoms with Crippen molar-refractivity contribution in [1.82, 2.24) is 9.78 Å². The second-order valence-electron chi connectivity index (χ2n) is 4.48. The highest BCUT2D eigenvalue weighted by Crippen LogP contribution is 2.25. The zero-order valence-corrected chi connectivity index (χ0v) is 11.3. The molecule has 0 aliphatic carbocycles. The average Bonchev–Trinajstić information content (AvgIpc) is 2.58. The minimum absolute atomic E-state index is 0.171. The van der Waals surface area contributed by atoms with Gasteiger partial charge in [-0.2, -0.15) is 5.10 Å². The van der Waals surface area contributed by atoms with E-state index in [-0.39, 0.29) is 11.4 Å². The van der Waals surface area contributed by atoms with Crippen molar-refractivity contribution >= 4 is 17.3 Å². The van der Waals surface area contributed by atoms with Gasteiger partial charge in [-0.15, -0.1) is 0 Å². The van der Waals surface area contributed by atoms with Gasteiger partial charge in [0.1, 0.15) is 11.5 Å². The van der Waals surface area contributed by atoms with E-state index >= 15 is 0 Å². The van der Waals surface area contributed by atoms with Gasteiger partial charge in [0.15, 0.2) is 5.82 Å². The highest BCUT2D eigenvalue weighted by Gasteiger charge is 2.20. The van der Waals surface area contributed by atoms with E-state index in [0.717, 1.165) is 6.07 Å². The van der Waals surface area contributed by atoms with Crippen molar-refractivity contribution in [2.45, 2.75) is 13.8 Å². The van der Waals surface area contributed by atoms with Gasteiger partial charge < -0.3 is 11.1 Å². The number of nitrogen functional groups attached to an aromatic ring is 1. The molecular formula is C13H14F2N4O. The third kappa shape index (κ3) is 2.34. The molecule has 0 aliphatic rings. The van der Waals surface area contributed by atoms with Crippen LogP contribution in [-0.4, -0.2) is 15.7 Å². The van der Waals surface area contributed by atoms with E-state index in [1.165, 1.54) is 0 Å². The molecule has 0 fully saturated rings. The Labute approximate surface area is 114 Å². The van der Waals surface area contributed by atoms with Crippen molar-refractivity contribution < 1.29 is 13.6 Å². The van der Waals surface area contributed by atoms with Crippen molar-refractivity contribution in [3.63, 3.8) is 0 Å². The summed E-state index contributed by atoms with van der Waals surface area (Å²) in [5, 5.41) is 6.46. The van der Waals surface area contributed by atoms with Crippen molar-refractivity contribution in [2.75, 3.05) is 11.1 Å². The molecule has 106 valence electrons. The van der Waals surface area contributed by atoms with Gasteiger partial charge in [0.25, 0.3) is 5.91 Å². The number of aromatic nitrogens is 2. The molecule has 7 heteroatoms. The first kappa shape index (κ1) is 14.0. The second kappa shape index (κ2) is 4.92. The van der Waals surface area contributed by atoms with E-state index in [0.29, 0.717) is 23.0 Å². The van der Waals surface area contributed by atoms with Crippen LogP contribution in [0.5, 0.6) is 0 Å². The van der Waals surface area contributed by atoms with Gasteiger partial charge in [-0.1, -0.05) is 0 Å². The smallest absolute Gasteiger partial charge is 0.259 e. The van der Waals surface area contributed by atoms with Gasteiger partial charge >= 0.3 is 0 Å². The van der Waals surface area contributed by atoms with Crippen LogP contribution in [0.25, 0.3) is 0 Å². The number of rotatable bonds is 2. The number of nitrogens with zero attached hydrogens (tertiary/aromatic N) is 2. The van der Waals surface area contributed by atoms with Gasteiger partial charge in [-0.05, 0) is 19.9 Å². The van der Waals surface area contributed by atoms with Crippen LogP contribution in [0.3, 0.4) is 0 Å². The van der Waals surface area contributed by atoms with E-state index in [1.807, 2.05) is 0 Å². The summed E-state index contributed by atoms with van der Waals surface area (Å²) in [5.41, 5.74) is 6.61. The molecule has 0 saturated carbocycles. The van der Waals surface area contributed by atoms with E-state index in [9.17, 15) is 13.6 Å². The summed E-state index contributed by atoms with van der Waals surface area (Å²) in [6.07, 6.45) is 0. The monoisotopic (exact) mass is 280 g/mol. The minimum atomic E-state index is -0.921. The fraction of sp³-hybridized carbons (Fsp3) is 0.231. The zero-order valence-electron chi connectivity index (χ0n) is 11.3. The quantitative estimate of drug-likeness (QED) is 0.828. The summed E-state index contributed by atoms with van der Waals surface area (Å²) in [7, 11) is 1.70. The van der Waals surface area contributed by atoms with Crippen LogP contribution in [0.4, 0.5) is 20.2 Å². The van der Waals surface area contributed by atoms with Gasteiger partial charge in [-0.3, -0.25) is 9.48 Å². The predicted octanol–water partition coefficient (Wildman–Crippen LogP) is 2.15. The first-order valence-corrected chi connectivity index (χ1v) is 5.87. The average molecular weight is 280 g/mol. The Bertz CT molecular complexity index is 671. The summed E-state index contributed by atoms with van der Waals surface area (Å²) >= 11 is 0. The van der Waals surface area contributed by atoms with Gasteiger partial charge in [0.05, 0.1) is 16.9 Å². The molecule has 0 saturated heterocycles. The fourth-order valence-corrected chi connectivity index (χ4v) is 2.00. The zero-order chi connectivity index (χ0) is 15.0. The lowest BCUT2D eigenvalue weighted by Gasteiger charge is -2.09. The molecule has 0 aliphatic heterocycles. The van der Waals surface area contributed by atoms with Crippen molar-refractivity contribution in [1.29, 1.82) is 0 Å². The molecule has 1 heterocycles. The molecule has 0 spiro atoms. The number of anilines is 2. The maximum Gasteiger partial charge on any atom is 0.259 e. The van der Waals surface area contributed by atoms with Crippen molar-refractivity contribution in [2.24, 2.45) is 7.05 Å². The third-order valence-corrected chi connectivity index (χ3v) is 3.06. The van der Waals surface area contributed by atoms with E-state index in [4.69, 9.17) is 5.73 Å². The van der Waals surface area contributed by atoms with Crippen LogP contribution in [0.15, 0.2) is 12.1 Å². The lowest BCUT2D eigenvalue weighted by Crippen LogP contribution is -2.16. The molecule has 20 heavy (non-hydrogen) atoms. The molecule has 0 bridgehead atoms. The molecule has 2 rings (SSSR count). The molecule has 3 N–H and O–H groups in total. The standard InChI is InChI=1S/C13H14F2N4O/c1-6-11(7(2)19(3)18-6)13(20)17-12-9(15)4-8(14)5-10(12)16/h4-5H,16H2,1-3H3,(H,17,20). The van der Waals surface area contributed by atoms with Gasteiger partial charge in [0.2, 0.25) is 0 Å². The SMILES string of the molecule is Cc1nn(C)c(C)c1C(=O)Nc1c(N)cc(F)cc1F. The summed E-state index contributed by atoms with van der Waals surface area (Å²) in [6.45, 7) is 3.39. The molecule has 0 atom stereocenters. The van der Waals surface area contributed by atoms with Crippen LogP contribution < -0.4 is 11.1 Å². The van der Waals surface area contributed by atoms with Crippen LogP contribution in [-0.2, 0) is 7.05 Å². The molecule has 1 amide bonds. The number of amides is 1. The molecule has 2 aromatic rings. The Morgan fingerprint density at radius 3 is 2.50 bits per heavy atom. The van der Waals surface area contributed by atoms with E-state index in [1.54, 1.807) is 25.6 Å². The number of aryl methyl sites for hydroxylation is 2. The van der Waals surface area contributed by atoms with Gasteiger partial charge in [0, 0.05) is 18.8 Å². The molecule has 0 unspecified atom stereocenters. The molecule has 0 radical (unpaired) electrons. The highest BCUT2D eigenvalue weighted by atomic mass is 19.1. The van der Waals surface area contributed by atoms with E-state index in [2.05, 4.69) is 10.4 Å². The maximum atomic E-state index is 13.6. The summed E-state index contributed by atoms with van der Waals surface area (Å²) in [5.74, 6) is -2.26. The Morgan fingerprint density at radius 1 is 1.35 bits per heavy atom. The largest absolute Gasteiger partial charge is 0.397 e. The Hall–Kier alpha value is -2.44. The minimum Gasteiger partial charge on any atom is -0.397 e. The Kier molecular flexibility index (Phi) is 3.44. The molecule has 1 aromatic carbocycles. The molecule has 5 nitrogen and oxygen atoms in total.